The van der Waals surface area contributed by atoms with Crippen molar-refractivity contribution in [2.75, 3.05) is 49.5 Å². The van der Waals surface area contributed by atoms with Crippen LogP contribution in [0, 0.1) is 0 Å². The molecule has 0 saturated carbocycles. The van der Waals surface area contributed by atoms with Crippen molar-refractivity contribution in [1.82, 2.24) is 9.88 Å². The first kappa shape index (κ1) is 22.6. The van der Waals surface area contributed by atoms with Crippen LogP contribution < -0.4 is 15.0 Å². The molecule has 172 valence electrons. The van der Waals surface area contributed by atoms with E-state index >= 15 is 0 Å². The normalized spacial score (nSPS) is 18.2. The van der Waals surface area contributed by atoms with Gasteiger partial charge in [-0.15, -0.1) is 0 Å². The van der Waals surface area contributed by atoms with Crippen LogP contribution in [-0.2, 0) is 16.6 Å². The Morgan fingerprint density at radius 3 is 2.62 bits per heavy atom. The van der Waals surface area contributed by atoms with Crippen LogP contribution in [0.5, 0.6) is 5.88 Å². The highest BCUT2D eigenvalue weighted by atomic mass is 16.5. The lowest BCUT2D eigenvalue weighted by atomic mass is 9.79. The molecule has 2 aromatic rings. The SMILES string of the molecule is CCc1ccccc1N1CCN(CCCCOc2ccc3c(n2)NC(=O)CC3(C)C)CC1. The Hall–Kier alpha value is -2.60. The molecule has 0 bridgehead atoms. The molecule has 0 radical (unpaired) electrons. The number of benzene rings is 1. The summed E-state index contributed by atoms with van der Waals surface area (Å²) >= 11 is 0. The van der Waals surface area contributed by atoms with Crippen molar-refractivity contribution < 1.29 is 9.53 Å². The Balaban J connectivity index is 1.18. The van der Waals surface area contributed by atoms with Crippen molar-refractivity contribution >= 4 is 17.4 Å². The van der Waals surface area contributed by atoms with Crippen molar-refractivity contribution in [3.63, 3.8) is 0 Å². The van der Waals surface area contributed by atoms with Crippen LogP contribution in [0.1, 0.15) is 51.2 Å². The number of piperazine rings is 1. The zero-order valence-electron chi connectivity index (χ0n) is 19.7. The Labute approximate surface area is 192 Å². The van der Waals surface area contributed by atoms with Crippen molar-refractivity contribution in [2.45, 2.75) is 51.9 Å². The number of para-hydroxylation sites is 1. The fourth-order valence-electron chi connectivity index (χ4n) is 4.78. The fourth-order valence-corrected chi connectivity index (χ4v) is 4.78. The third-order valence-electron chi connectivity index (χ3n) is 6.66. The molecule has 1 aromatic carbocycles. The topological polar surface area (TPSA) is 57.7 Å². The highest BCUT2D eigenvalue weighted by molar-refractivity contribution is 5.94. The number of ether oxygens (including phenoxy) is 1. The van der Waals surface area contributed by atoms with Gasteiger partial charge in [-0.05, 0) is 43.5 Å². The lowest BCUT2D eigenvalue weighted by molar-refractivity contribution is -0.117. The van der Waals surface area contributed by atoms with Crippen LogP contribution in [0.4, 0.5) is 11.5 Å². The molecule has 6 heteroatoms. The molecule has 0 unspecified atom stereocenters. The summed E-state index contributed by atoms with van der Waals surface area (Å²) in [5, 5.41) is 2.88. The average Bonchev–Trinajstić information content (AvgIpc) is 2.78. The molecule has 1 fully saturated rings. The molecule has 2 aliphatic rings. The summed E-state index contributed by atoms with van der Waals surface area (Å²) in [6.07, 6.45) is 3.68. The molecule has 6 nitrogen and oxygen atoms in total. The highest BCUT2D eigenvalue weighted by Crippen LogP contribution is 2.36. The van der Waals surface area contributed by atoms with Crippen molar-refractivity contribution in [1.29, 1.82) is 0 Å². The second-order valence-corrected chi connectivity index (χ2v) is 9.52. The Morgan fingerprint density at radius 2 is 1.84 bits per heavy atom. The van der Waals surface area contributed by atoms with Crippen LogP contribution in [0.2, 0.25) is 0 Å². The number of pyridine rings is 1. The van der Waals surface area contributed by atoms with Crippen LogP contribution in [0.25, 0.3) is 0 Å². The molecule has 1 N–H and O–H groups in total. The quantitative estimate of drug-likeness (QED) is 0.627. The minimum atomic E-state index is -0.189. The van der Waals surface area contributed by atoms with Crippen LogP contribution in [0.3, 0.4) is 0 Å². The van der Waals surface area contributed by atoms with Crippen molar-refractivity contribution in [2.24, 2.45) is 0 Å². The van der Waals surface area contributed by atoms with Crippen LogP contribution >= 0.6 is 0 Å². The molecule has 1 amide bonds. The zero-order chi connectivity index (χ0) is 22.6. The molecule has 2 aliphatic heterocycles. The summed E-state index contributed by atoms with van der Waals surface area (Å²) in [6, 6.07) is 12.7. The number of amides is 1. The number of anilines is 2. The number of hydrogen-bond donors (Lipinski definition) is 1. The lowest BCUT2D eigenvalue weighted by Crippen LogP contribution is -2.46. The maximum atomic E-state index is 11.9. The summed E-state index contributed by atoms with van der Waals surface area (Å²) in [7, 11) is 0. The van der Waals surface area contributed by atoms with Gasteiger partial charge in [0.1, 0.15) is 5.82 Å². The van der Waals surface area contributed by atoms with E-state index in [0.29, 0.717) is 24.7 Å². The number of carbonyl (C=O) groups excluding carboxylic acids is 1. The van der Waals surface area contributed by atoms with Gasteiger partial charge in [0.05, 0.1) is 6.61 Å². The first-order valence-electron chi connectivity index (χ1n) is 12.0. The lowest BCUT2D eigenvalue weighted by Gasteiger charge is -2.37. The summed E-state index contributed by atoms with van der Waals surface area (Å²) in [4.78, 5) is 21.5. The van der Waals surface area contributed by atoms with E-state index in [4.69, 9.17) is 4.74 Å². The van der Waals surface area contributed by atoms with E-state index in [9.17, 15) is 4.79 Å². The number of aromatic nitrogens is 1. The molecule has 1 aromatic heterocycles. The number of unbranched alkanes of at least 4 members (excludes halogenated alkanes) is 1. The van der Waals surface area contributed by atoms with E-state index in [-0.39, 0.29) is 11.3 Å². The molecule has 4 rings (SSSR count). The van der Waals surface area contributed by atoms with Gasteiger partial charge < -0.3 is 15.0 Å². The van der Waals surface area contributed by atoms with Gasteiger partial charge in [0.25, 0.3) is 0 Å². The number of nitrogens with zero attached hydrogens (tertiary/aromatic N) is 3. The molecular formula is C26H36N4O2. The predicted octanol–water partition coefficient (Wildman–Crippen LogP) is 4.25. The van der Waals surface area contributed by atoms with Gasteiger partial charge in [0.15, 0.2) is 0 Å². The maximum Gasteiger partial charge on any atom is 0.226 e. The predicted molar refractivity (Wildman–Crippen MR) is 130 cm³/mol. The fraction of sp³-hybridized carbons (Fsp3) is 0.538. The van der Waals surface area contributed by atoms with Gasteiger partial charge in [-0.25, -0.2) is 0 Å². The average molecular weight is 437 g/mol. The molecule has 1 saturated heterocycles. The Morgan fingerprint density at radius 1 is 1.06 bits per heavy atom. The van der Waals surface area contributed by atoms with Gasteiger partial charge in [0.2, 0.25) is 11.8 Å². The summed E-state index contributed by atoms with van der Waals surface area (Å²) < 4.78 is 5.88. The molecule has 32 heavy (non-hydrogen) atoms. The molecule has 0 aliphatic carbocycles. The van der Waals surface area contributed by atoms with E-state index < -0.39 is 0 Å². The number of carbonyl (C=O) groups is 1. The van der Waals surface area contributed by atoms with Crippen molar-refractivity contribution in [3.05, 3.63) is 47.5 Å². The second kappa shape index (κ2) is 9.90. The third kappa shape index (κ3) is 5.23. The molecular weight excluding hydrogens is 400 g/mol. The summed E-state index contributed by atoms with van der Waals surface area (Å²) in [5.41, 5.74) is 3.73. The van der Waals surface area contributed by atoms with E-state index in [1.54, 1.807) is 0 Å². The first-order valence-corrected chi connectivity index (χ1v) is 12.0. The van der Waals surface area contributed by atoms with Gasteiger partial charge >= 0.3 is 0 Å². The number of fused-ring (bicyclic) bond motifs is 1. The Kier molecular flexibility index (Phi) is 6.99. The third-order valence-corrected chi connectivity index (χ3v) is 6.66. The number of rotatable bonds is 8. The minimum Gasteiger partial charge on any atom is -0.478 e. The monoisotopic (exact) mass is 436 g/mol. The smallest absolute Gasteiger partial charge is 0.226 e. The largest absolute Gasteiger partial charge is 0.478 e. The van der Waals surface area contributed by atoms with Gasteiger partial charge in [-0.3, -0.25) is 9.69 Å². The maximum absolute atomic E-state index is 11.9. The van der Waals surface area contributed by atoms with E-state index in [2.05, 4.69) is 65.1 Å². The second-order valence-electron chi connectivity index (χ2n) is 9.52. The molecule has 3 heterocycles. The van der Waals surface area contributed by atoms with E-state index in [1.165, 1.54) is 11.3 Å². The summed E-state index contributed by atoms with van der Waals surface area (Å²) in [5.74, 6) is 1.25. The Bertz CT molecular complexity index is 935. The van der Waals surface area contributed by atoms with Crippen LogP contribution in [-0.4, -0.2) is 55.1 Å². The first-order chi connectivity index (χ1) is 15.5. The standard InChI is InChI=1S/C26H36N4O2/c1-4-20-9-5-6-10-22(20)30-16-14-29(15-17-30)13-7-8-18-32-24-12-11-21-25(28-24)27-23(31)19-26(21,2)3/h5-6,9-12H,4,7-8,13-19H2,1-3H3,(H,27,28,31). The van der Waals surface area contributed by atoms with Gasteiger partial charge in [-0.1, -0.05) is 39.0 Å². The summed E-state index contributed by atoms with van der Waals surface area (Å²) in [6.45, 7) is 12.5. The van der Waals surface area contributed by atoms with E-state index in [0.717, 1.165) is 57.5 Å². The minimum absolute atomic E-state index is 0.0189. The van der Waals surface area contributed by atoms with Gasteiger partial charge in [-0.2, -0.15) is 4.98 Å². The van der Waals surface area contributed by atoms with E-state index in [1.807, 2.05) is 12.1 Å². The number of hydrogen-bond acceptors (Lipinski definition) is 5. The number of nitrogens with one attached hydrogen (secondary N) is 1. The van der Waals surface area contributed by atoms with Crippen molar-refractivity contribution in [3.8, 4) is 5.88 Å². The zero-order valence-corrected chi connectivity index (χ0v) is 19.7. The molecule has 0 spiro atoms. The van der Waals surface area contributed by atoms with Gasteiger partial charge in [0, 0.05) is 55.3 Å². The highest BCUT2D eigenvalue weighted by Gasteiger charge is 2.33. The number of aryl methyl sites for hydroxylation is 1. The molecule has 0 atom stereocenters. The van der Waals surface area contributed by atoms with Crippen LogP contribution in [0.15, 0.2) is 36.4 Å².